The third-order valence-corrected chi connectivity index (χ3v) is 2.67. The fourth-order valence-electron chi connectivity index (χ4n) is 1.75. The number of rotatable bonds is 4. The number of pyridine rings is 1. The molecule has 0 saturated heterocycles. The largest absolute Gasteiger partial charge is 0.494 e. The maximum Gasteiger partial charge on any atom is 0.331 e. The van der Waals surface area contributed by atoms with Gasteiger partial charge in [0.1, 0.15) is 0 Å². The molecule has 0 bridgehead atoms. The number of hydrogen-bond donors (Lipinski definition) is 4. The fourth-order valence-corrected chi connectivity index (χ4v) is 1.75. The highest BCUT2D eigenvalue weighted by atomic mass is 16.4. The SMILES string of the molecule is Cn1cc(C(NC(=O)c2cc(O)[nH]c(=O)c2)C(=O)O)cn1. The van der Waals surface area contributed by atoms with Gasteiger partial charge < -0.3 is 15.5 Å². The van der Waals surface area contributed by atoms with Crippen LogP contribution < -0.4 is 10.9 Å². The minimum Gasteiger partial charge on any atom is -0.494 e. The van der Waals surface area contributed by atoms with Crippen LogP contribution in [0.15, 0.2) is 29.3 Å². The lowest BCUT2D eigenvalue weighted by atomic mass is 10.1. The van der Waals surface area contributed by atoms with Crippen LogP contribution in [0.2, 0.25) is 0 Å². The summed E-state index contributed by atoms with van der Waals surface area (Å²) in [6.45, 7) is 0. The molecule has 2 rings (SSSR count). The number of aliphatic carboxylic acids is 1. The summed E-state index contributed by atoms with van der Waals surface area (Å²) in [5.74, 6) is -2.56. The third kappa shape index (κ3) is 3.26. The van der Waals surface area contributed by atoms with Crippen molar-refractivity contribution in [3.8, 4) is 5.88 Å². The lowest BCUT2D eigenvalue weighted by Crippen LogP contribution is -2.34. The first-order chi connectivity index (χ1) is 9.86. The molecule has 0 aliphatic carbocycles. The van der Waals surface area contributed by atoms with Crippen molar-refractivity contribution in [1.82, 2.24) is 20.1 Å². The van der Waals surface area contributed by atoms with Crippen LogP contribution in [-0.4, -0.2) is 36.9 Å². The molecule has 21 heavy (non-hydrogen) atoms. The second-order valence-corrected chi connectivity index (χ2v) is 4.31. The van der Waals surface area contributed by atoms with Crippen LogP contribution in [0.4, 0.5) is 0 Å². The van der Waals surface area contributed by atoms with Crippen LogP contribution in [0.3, 0.4) is 0 Å². The van der Waals surface area contributed by atoms with Crippen molar-refractivity contribution < 1.29 is 19.8 Å². The Bertz CT molecular complexity index is 748. The van der Waals surface area contributed by atoms with Crippen molar-refractivity contribution >= 4 is 11.9 Å². The summed E-state index contributed by atoms with van der Waals surface area (Å²) in [6, 6.07) is 0.670. The van der Waals surface area contributed by atoms with Gasteiger partial charge in [-0.2, -0.15) is 5.10 Å². The first kappa shape index (κ1) is 14.3. The highest BCUT2D eigenvalue weighted by molar-refractivity contribution is 5.96. The predicted octanol–water partition coefficient (Wildman–Crippen LogP) is -0.630. The molecule has 110 valence electrons. The molecule has 9 heteroatoms. The maximum atomic E-state index is 12.0. The Balaban J connectivity index is 2.26. The van der Waals surface area contributed by atoms with E-state index in [4.69, 9.17) is 0 Å². The Morgan fingerprint density at radius 2 is 2.14 bits per heavy atom. The lowest BCUT2D eigenvalue weighted by Gasteiger charge is -2.12. The molecule has 0 aromatic carbocycles. The molecule has 0 spiro atoms. The van der Waals surface area contributed by atoms with Crippen LogP contribution in [0.1, 0.15) is 22.0 Å². The molecule has 1 amide bonds. The Kier molecular flexibility index (Phi) is 3.74. The van der Waals surface area contributed by atoms with Crippen molar-refractivity contribution in [2.75, 3.05) is 0 Å². The Morgan fingerprint density at radius 3 is 2.67 bits per heavy atom. The maximum absolute atomic E-state index is 12.0. The minimum atomic E-state index is -1.31. The zero-order valence-electron chi connectivity index (χ0n) is 10.9. The number of aryl methyl sites for hydroxylation is 1. The Labute approximate surface area is 117 Å². The number of carboxylic acids is 1. The van der Waals surface area contributed by atoms with Crippen LogP contribution in [-0.2, 0) is 11.8 Å². The molecule has 2 aromatic rings. The van der Waals surface area contributed by atoms with Gasteiger partial charge in [-0.25, -0.2) is 4.79 Å². The minimum absolute atomic E-state index is 0.147. The number of carboxylic acid groups (broad SMARTS) is 1. The van der Waals surface area contributed by atoms with Crippen molar-refractivity contribution in [2.45, 2.75) is 6.04 Å². The molecule has 4 N–H and O–H groups in total. The number of carbonyl (C=O) groups is 2. The number of H-pyrrole nitrogens is 1. The van der Waals surface area contributed by atoms with E-state index in [1.165, 1.54) is 17.1 Å². The van der Waals surface area contributed by atoms with Gasteiger partial charge in [0.05, 0.1) is 11.8 Å². The van der Waals surface area contributed by atoms with Gasteiger partial charge in [-0.05, 0) is 0 Å². The van der Waals surface area contributed by atoms with Gasteiger partial charge >= 0.3 is 5.97 Å². The summed E-state index contributed by atoms with van der Waals surface area (Å²) in [5, 5.41) is 24.5. The van der Waals surface area contributed by atoms with Gasteiger partial charge in [0, 0.05) is 30.9 Å². The van der Waals surface area contributed by atoms with E-state index in [0.717, 1.165) is 12.1 Å². The molecular formula is C12H12N4O5. The lowest BCUT2D eigenvalue weighted by molar-refractivity contribution is -0.139. The summed E-state index contributed by atoms with van der Waals surface area (Å²) in [7, 11) is 1.61. The quantitative estimate of drug-likeness (QED) is 0.592. The average molecular weight is 292 g/mol. The second kappa shape index (κ2) is 5.49. The van der Waals surface area contributed by atoms with E-state index in [9.17, 15) is 24.6 Å². The summed E-state index contributed by atoms with van der Waals surface area (Å²) >= 11 is 0. The normalized spacial score (nSPS) is 11.9. The molecule has 2 heterocycles. The van der Waals surface area contributed by atoms with Gasteiger partial charge in [-0.15, -0.1) is 0 Å². The number of aromatic nitrogens is 3. The first-order valence-electron chi connectivity index (χ1n) is 5.82. The smallest absolute Gasteiger partial charge is 0.331 e. The number of nitrogens with zero attached hydrogens (tertiary/aromatic N) is 2. The van der Waals surface area contributed by atoms with Crippen molar-refractivity contribution in [3.05, 3.63) is 46.0 Å². The Hall–Kier alpha value is -3.10. The van der Waals surface area contributed by atoms with Gasteiger partial charge in [0.2, 0.25) is 0 Å². The van der Waals surface area contributed by atoms with Crippen molar-refractivity contribution in [3.63, 3.8) is 0 Å². The number of aromatic hydroxyl groups is 1. The molecular weight excluding hydrogens is 280 g/mol. The van der Waals surface area contributed by atoms with Crippen LogP contribution in [0.25, 0.3) is 0 Å². The molecule has 0 radical (unpaired) electrons. The number of hydrogen-bond acceptors (Lipinski definition) is 5. The molecule has 0 aliphatic rings. The summed E-state index contributed by atoms with van der Waals surface area (Å²) < 4.78 is 1.40. The highest BCUT2D eigenvalue weighted by Gasteiger charge is 2.24. The molecule has 1 atom stereocenters. The molecule has 0 saturated carbocycles. The molecule has 0 aliphatic heterocycles. The van der Waals surface area contributed by atoms with Gasteiger partial charge in [-0.1, -0.05) is 0 Å². The fraction of sp³-hybridized carbons (Fsp3) is 0.167. The molecule has 9 nitrogen and oxygen atoms in total. The number of carbonyl (C=O) groups excluding carboxylic acids is 1. The van der Waals surface area contributed by atoms with Gasteiger partial charge in [0.25, 0.3) is 11.5 Å². The number of nitrogens with one attached hydrogen (secondary N) is 2. The summed E-state index contributed by atoms with van der Waals surface area (Å²) in [6.07, 6.45) is 2.77. The predicted molar refractivity (Wildman–Crippen MR) is 69.8 cm³/mol. The summed E-state index contributed by atoms with van der Waals surface area (Å²) in [4.78, 5) is 36.5. The van der Waals surface area contributed by atoms with E-state index in [1.54, 1.807) is 7.05 Å². The molecule has 0 fully saturated rings. The van der Waals surface area contributed by atoms with E-state index in [-0.39, 0.29) is 11.1 Å². The third-order valence-electron chi connectivity index (χ3n) is 2.67. The zero-order valence-corrected chi connectivity index (χ0v) is 10.9. The van der Waals surface area contributed by atoms with Crippen molar-refractivity contribution in [1.29, 1.82) is 0 Å². The van der Waals surface area contributed by atoms with Gasteiger partial charge in [-0.3, -0.25) is 19.3 Å². The van der Waals surface area contributed by atoms with E-state index in [1.807, 2.05) is 0 Å². The monoisotopic (exact) mass is 292 g/mol. The first-order valence-corrected chi connectivity index (χ1v) is 5.82. The van der Waals surface area contributed by atoms with E-state index >= 15 is 0 Å². The van der Waals surface area contributed by atoms with E-state index in [2.05, 4.69) is 15.4 Å². The van der Waals surface area contributed by atoms with E-state index in [0.29, 0.717) is 0 Å². The van der Waals surface area contributed by atoms with Crippen LogP contribution in [0.5, 0.6) is 5.88 Å². The van der Waals surface area contributed by atoms with Crippen molar-refractivity contribution in [2.24, 2.45) is 7.05 Å². The zero-order chi connectivity index (χ0) is 15.6. The van der Waals surface area contributed by atoms with Crippen LogP contribution in [0, 0.1) is 0 Å². The van der Waals surface area contributed by atoms with Gasteiger partial charge in [0.15, 0.2) is 11.9 Å². The topological polar surface area (TPSA) is 137 Å². The average Bonchev–Trinajstić information content (AvgIpc) is 2.80. The Morgan fingerprint density at radius 1 is 1.43 bits per heavy atom. The standard InChI is InChI=1S/C12H12N4O5/c1-16-5-7(4-13-16)10(12(20)21)15-11(19)6-2-8(17)14-9(18)3-6/h2-5,10H,1H3,(H,15,19)(H,20,21)(H2,14,17,18). The molecule has 1 unspecified atom stereocenters. The molecule has 2 aromatic heterocycles. The summed E-state index contributed by atoms with van der Waals surface area (Å²) in [5.41, 5.74) is -0.535. The van der Waals surface area contributed by atoms with Crippen LogP contribution >= 0.6 is 0 Å². The highest BCUT2D eigenvalue weighted by Crippen LogP contribution is 2.13. The van der Waals surface area contributed by atoms with E-state index < -0.39 is 29.4 Å². The number of amides is 1. The number of aromatic amines is 1. The second-order valence-electron chi connectivity index (χ2n) is 4.31.